The number of carboxylic acid groups (broad SMARTS) is 1. The van der Waals surface area contributed by atoms with Gasteiger partial charge in [-0.1, -0.05) is 12.1 Å². The molecule has 0 radical (unpaired) electrons. The van der Waals surface area contributed by atoms with Gasteiger partial charge in [-0.3, -0.25) is 9.59 Å². The van der Waals surface area contributed by atoms with E-state index in [1.807, 2.05) is 19.1 Å². The molecule has 1 aromatic carbocycles. The molecule has 7 heteroatoms. The second-order valence-electron chi connectivity index (χ2n) is 9.07. The first-order chi connectivity index (χ1) is 16.9. The second-order valence-corrected chi connectivity index (χ2v) is 9.07. The molecule has 35 heavy (non-hydrogen) atoms. The van der Waals surface area contributed by atoms with Crippen molar-refractivity contribution in [3.8, 4) is 11.5 Å². The minimum Gasteiger partial charge on any atom is -0.490 e. The van der Waals surface area contributed by atoms with E-state index in [2.05, 4.69) is 18.4 Å². The van der Waals surface area contributed by atoms with Crippen LogP contribution in [0.2, 0.25) is 0 Å². The molecule has 0 saturated heterocycles. The summed E-state index contributed by atoms with van der Waals surface area (Å²) >= 11 is 0. The Labute approximate surface area is 206 Å². The zero-order valence-corrected chi connectivity index (χ0v) is 20.5. The number of nitrogens with zero attached hydrogens (tertiary/aromatic N) is 1. The second kappa shape index (κ2) is 10.5. The average Bonchev–Trinajstić information content (AvgIpc) is 2.82. The predicted molar refractivity (Wildman–Crippen MR) is 132 cm³/mol. The molecule has 7 nitrogen and oxygen atoms in total. The topological polar surface area (TPSA) is 93.1 Å². The monoisotopic (exact) mass is 479 g/mol. The molecule has 3 aliphatic rings. The summed E-state index contributed by atoms with van der Waals surface area (Å²) in [5.74, 6) is -0.588. The van der Waals surface area contributed by atoms with Crippen molar-refractivity contribution in [2.24, 2.45) is 0 Å². The van der Waals surface area contributed by atoms with Gasteiger partial charge in [-0.15, -0.1) is 6.58 Å². The highest BCUT2D eigenvalue weighted by atomic mass is 16.5. The van der Waals surface area contributed by atoms with Crippen LogP contribution in [0.15, 0.2) is 47.3 Å². The third-order valence-corrected chi connectivity index (χ3v) is 6.89. The van der Waals surface area contributed by atoms with Crippen LogP contribution in [0.3, 0.4) is 0 Å². The summed E-state index contributed by atoms with van der Waals surface area (Å²) < 4.78 is 11.5. The Morgan fingerprint density at radius 1 is 1.06 bits per heavy atom. The summed E-state index contributed by atoms with van der Waals surface area (Å²) in [6, 6.07) is 3.74. The highest BCUT2D eigenvalue weighted by molar-refractivity contribution is 6.06. The quantitative estimate of drug-likeness (QED) is 0.513. The average molecular weight is 480 g/mol. The van der Waals surface area contributed by atoms with Crippen LogP contribution >= 0.6 is 0 Å². The summed E-state index contributed by atoms with van der Waals surface area (Å²) in [4.78, 5) is 40.1. The first kappa shape index (κ1) is 24.8. The standard InChI is InChI=1S/C28H33NO6/c1-4-9-17-14-18(15-23(34-6-3)28(17)35-16-24(32)33)25-26-19(10-7-12-21(26)30)29(5-2)20-11-8-13-22(31)27(20)25/h4,14-15,25H,1,5-13,16H2,2-3H3,(H,32,33). The van der Waals surface area contributed by atoms with Gasteiger partial charge in [0.05, 0.1) is 6.61 Å². The first-order valence-corrected chi connectivity index (χ1v) is 12.5. The van der Waals surface area contributed by atoms with Gasteiger partial charge in [-0.05, 0) is 57.6 Å². The Bertz CT molecular complexity index is 1080. The summed E-state index contributed by atoms with van der Waals surface area (Å²) in [5, 5.41) is 9.16. The number of hydrogen-bond donors (Lipinski definition) is 1. The Morgan fingerprint density at radius 3 is 2.20 bits per heavy atom. The van der Waals surface area contributed by atoms with Crippen LogP contribution in [0.5, 0.6) is 11.5 Å². The number of carboxylic acids is 1. The number of Topliss-reactive ketones (excluding diaryl/α,β-unsaturated/α-hetero) is 2. The molecule has 186 valence electrons. The summed E-state index contributed by atoms with van der Waals surface area (Å²) in [6.07, 6.45) is 6.34. The molecular formula is C28H33NO6. The lowest BCUT2D eigenvalue weighted by atomic mass is 9.70. The van der Waals surface area contributed by atoms with E-state index in [4.69, 9.17) is 14.6 Å². The maximum atomic E-state index is 13.4. The molecule has 2 aliphatic carbocycles. The van der Waals surface area contributed by atoms with Gasteiger partial charge in [-0.2, -0.15) is 0 Å². The van der Waals surface area contributed by atoms with Gasteiger partial charge in [0.25, 0.3) is 0 Å². The number of carbonyl (C=O) groups is 3. The molecule has 0 aromatic heterocycles. The van der Waals surface area contributed by atoms with Crippen LogP contribution in [0.1, 0.15) is 69.4 Å². The van der Waals surface area contributed by atoms with Crippen LogP contribution in [0.4, 0.5) is 0 Å². The smallest absolute Gasteiger partial charge is 0.341 e. The maximum absolute atomic E-state index is 13.4. The molecule has 0 saturated carbocycles. The van der Waals surface area contributed by atoms with E-state index in [-0.39, 0.29) is 11.6 Å². The SMILES string of the molecule is C=CCc1cc(C2C3=C(CCCC3=O)N(CC)C3=C2C(=O)CCC3)cc(OCC)c1OCC(=O)O. The van der Waals surface area contributed by atoms with Crippen molar-refractivity contribution in [1.82, 2.24) is 4.90 Å². The van der Waals surface area contributed by atoms with E-state index in [9.17, 15) is 14.4 Å². The van der Waals surface area contributed by atoms with E-state index in [0.29, 0.717) is 37.4 Å². The number of carbonyl (C=O) groups excluding carboxylic acids is 2. The minimum atomic E-state index is -1.08. The highest BCUT2D eigenvalue weighted by Gasteiger charge is 2.43. The molecule has 0 atom stereocenters. The summed E-state index contributed by atoms with van der Waals surface area (Å²) in [7, 11) is 0. The number of ether oxygens (including phenoxy) is 2. The molecule has 0 unspecified atom stereocenters. The number of allylic oxidation sites excluding steroid dienone is 5. The lowest BCUT2D eigenvalue weighted by Gasteiger charge is -2.43. The number of rotatable bonds is 9. The third kappa shape index (κ3) is 4.64. The van der Waals surface area contributed by atoms with Gasteiger partial charge in [0.15, 0.2) is 29.7 Å². The Kier molecular flexibility index (Phi) is 7.43. The first-order valence-electron chi connectivity index (χ1n) is 12.5. The zero-order chi connectivity index (χ0) is 25.1. The Balaban J connectivity index is 1.95. The minimum absolute atomic E-state index is 0.0917. The fraction of sp³-hybridized carbons (Fsp3) is 0.464. The predicted octanol–water partition coefficient (Wildman–Crippen LogP) is 4.71. The van der Waals surface area contributed by atoms with E-state index in [1.54, 1.807) is 6.08 Å². The van der Waals surface area contributed by atoms with Gasteiger partial charge in [-0.25, -0.2) is 4.79 Å². The van der Waals surface area contributed by atoms with Crippen molar-refractivity contribution in [2.75, 3.05) is 19.8 Å². The highest BCUT2D eigenvalue weighted by Crippen LogP contribution is 2.50. The molecule has 1 aromatic rings. The molecule has 1 heterocycles. The van der Waals surface area contributed by atoms with E-state index >= 15 is 0 Å². The fourth-order valence-corrected chi connectivity index (χ4v) is 5.65. The summed E-state index contributed by atoms with van der Waals surface area (Å²) in [6.45, 7) is 8.33. The van der Waals surface area contributed by atoms with Crippen LogP contribution in [0.25, 0.3) is 0 Å². The summed E-state index contributed by atoms with van der Waals surface area (Å²) in [5.41, 5.74) is 5.04. The number of aliphatic carboxylic acids is 1. The number of ketones is 2. The molecule has 0 fully saturated rings. The third-order valence-electron chi connectivity index (χ3n) is 6.89. The van der Waals surface area contributed by atoms with Crippen molar-refractivity contribution >= 4 is 17.5 Å². The van der Waals surface area contributed by atoms with Crippen molar-refractivity contribution in [2.45, 2.75) is 64.7 Å². The molecule has 4 rings (SSSR count). The molecular weight excluding hydrogens is 446 g/mol. The molecule has 0 amide bonds. The number of benzene rings is 1. The molecule has 0 spiro atoms. The Hall–Kier alpha value is -3.35. The fourth-order valence-electron chi connectivity index (χ4n) is 5.65. The van der Waals surface area contributed by atoms with Crippen LogP contribution in [0, 0.1) is 0 Å². The molecule has 1 aliphatic heterocycles. The van der Waals surface area contributed by atoms with Crippen molar-refractivity contribution in [3.63, 3.8) is 0 Å². The van der Waals surface area contributed by atoms with Gasteiger partial charge in [0.1, 0.15) is 0 Å². The van der Waals surface area contributed by atoms with E-state index in [1.165, 1.54) is 0 Å². The lowest BCUT2D eigenvalue weighted by Crippen LogP contribution is -2.39. The molecule has 1 N–H and O–H groups in total. The van der Waals surface area contributed by atoms with Crippen LogP contribution < -0.4 is 9.47 Å². The zero-order valence-electron chi connectivity index (χ0n) is 20.5. The number of hydrogen-bond acceptors (Lipinski definition) is 6. The maximum Gasteiger partial charge on any atom is 0.341 e. The Morgan fingerprint density at radius 2 is 1.69 bits per heavy atom. The van der Waals surface area contributed by atoms with Crippen molar-refractivity contribution < 1.29 is 29.0 Å². The van der Waals surface area contributed by atoms with Crippen molar-refractivity contribution in [3.05, 3.63) is 58.5 Å². The van der Waals surface area contributed by atoms with Gasteiger partial charge in [0, 0.05) is 53.4 Å². The van der Waals surface area contributed by atoms with E-state index in [0.717, 1.165) is 65.9 Å². The van der Waals surface area contributed by atoms with Gasteiger partial charge < -0.3 is 19.5 Å². The van der Waals surface area contributed by atoms with Crippen LogP contribution in [-0.4, -0.2) is 47.3 Å². The van der Waals surface area contributed by atoms with Gasteiger partial charge in [0.2, 0.25) is 0 Å². The normalized spacial score (nSPS) is 18.4. The molecule has 0 bridgehead atoms. The largest absolute Gasteiger partial charge is 0.490 e. The van der Waals surface area contributed by atoms with Crippen molar-refractivity contribution in [1.29, 1.82) is 0 Å². The van der Waals surface area contributed by atoms with Gasteiger partial charge >= 0.3 is 5.97 Å². The van der Waals surface area contributed by atoms with E-state index < -0.39 is 18.5 Å². The lowest BCUT2D eigenvalue weighted by molar-refractivity contribution is -0.139. The van der Waals surface area contributed by atoms with Crippen LogP contribution in [-0.2, 0) is 20.8 Å².